The summed E-state index contributed by atoms with van der Waals surface area (Å²) in [7, 11) is 0. The maximum absolute atomic E-state index is 5.87. The molecule has 1 aromatic carbocycles. The van der Waals surface area contributed by atoms with E-state index in [1.165, 1.54) is 0 Å². The molecule has 0 saturated carbocycles. The lowest BCUT2D eigenvalue weighted by atomic mass is 10.3. The summed E-state index contributed by atoms with van der Waals surface area (Å²) < 4.78 is 0. The molecule has 0 unspecified atom stereocenters. The molecule has 0 aliphatic rings. The lowest BCUT2D eigenvalue weighted by Crippen LogP contribution is -2.07. The second kappa shape index (κ2) is 7.10. The Bertz CT molecular complexity index is 554. The van der Waals surface area contributed by atoms with Crippen LogP contribution in [-0.4, -0.2) is 16.5 Å². The number of hydrogen-bond donors (Lipinski definition) is 2. The minimum atomic E-state index is 0.662. The fraction of sp³-hybridized carbons (Fsp3) is 0.333. The standard InChI is InChI=1S/C15H19ClN4/c1-3-4-9-17-15-18-11(2)10-14(20-15)19-13-7-5-12(16)6-8-13/h5-8,10H,3-4,9H2,1-2H3,(H2,17,18,19,20). The molecule has 0 bridgehead atoms. The number of unbranched alkanes of at least 4 members (excludes halogenated alkanes) is 1. The summed E-state index contributed by atoms with van der Waals surface area (Å²) in [6.07, 6.45) is 2.26. The lowest BCUT2D eigenvalue weighted by molar-refractivity contribution is 0.825. The molecule has 5 heteroatoms. The fourth-order valence-electron chi connectivity index (χ4n) is 1.77. The van der Waals surface area contributed by atoms with Crippen molar-refractivity contribution < 1.29 is 0 Å². The highest BCUT2D eigenvalue weighted by molar-refractivity contribution is 6.30. The molecule has 1 aromatic heterocycles. The van der Waals surface area contributed by atoms with Gasteiger partial charge in [-0.05, 0) is 37.6 Å². The van der Waals surface area contributed by atoms with Crippen LogP contribution in [0, 0.1) is 6.92 Å². The molecular formula is C15H19ClN4. The molecule has 4 nitrogen and oxygen atoms in total. The number of nitrogens with zero attached hydrogens (tertiary/aromatic N) is 2. The molecule has 0 spiro atoms. The van der Waals surface area contributed by atoms with E-state index in [-0.39, 0.29) is 0 Å². The van der Waals surface area contributed by atoms with Gasteiger partial charge >= 0.3 is 0 Å². The number of aromatic nitrogens is 2. The quantitative estimate of drug-likeness (QED) is 0.775. The van der Waals surface area contributed by atoms with Gasteiger partial charge in [0.2, 0.25) is 5.95 Å². The van der Waals surface area contributed by atoms with Gasteiger partial charge in [0.1, 0.15) is 5.82 Å². The van der Waals surface area contributed by atoms with E-state index >= 15 is 0 Å². The average Bonchev–Trinajstić information content (AvgIpc) is 2.41. The molecule has 2 aromatic rings. The number of nitrogens with one attached hydrogen (secondary N) is 2. The van der Waals surface area contributed by atoms with Gasteiger partial charge in [-0.2, -0.15) is 4.98 Å². The zero-order valence-electron chi connectivity index (χ0n) is 11.8. The van der Waals surface area contributed by atoms with Gasteiger partial charge in [0.15, 0.2) is 0 Å². The summed E-state index contributed by atoms with van der Waals surface area (Å²) in [6.45, 7) is 5.01. The molecule has 0 radical (unpaired) electrons. The predicted octanol–water partition coefficient (Wildman–Crippen LogP) is 4.39. The second-order valence-electron chi connectivity index (χ2n) is 4.63. The average molecular weight is 291 g/mol. The topological polar surface area (TPSA) is 49.8 Å². The summed E-state index contributed by atoms with van der Waals surface area (Å²) in [5.74, 6) is 1.44. The molecule has 0 saturated heterocycles. The van der Waals surface area contributed by atoms with Gasteiger partial charge in [0, 0.05) is 29.0 Å². The molecule has 0 atom stereocenters. The molecule has 0 aliphatic carbocycles. The van der Waals surface area contributed by atoms with Gasteiger partial charge in [0.05, 0.1) is 0 Å². The van der Waals surface area contributed by atoms with E-state index in [0.717, 1.165) is 41.6 Å². The third-order valence-electron chi connectivity index (χ3n) is 2.78. The Labute approximate surface area is 124 Å². The number of aryl methyl sites for hydroxylation is 1. The summed E-state index contributed by atoms with van der Waals surface area (Å²) in [5, 5.41) is 7.21. The van der Waals surface area contributed by atoms with Crippen LogP contribution in [0.2, 0.25) is 5.02 Å². The maximum Gasteiger partial charge on any atom is 0.224 e. The maximum atomic E-state index is 5.87. The molecule has 106 valence electrons. The van der Waals surface area contributed by atoms with Crippen molar-refractivity contribution >= 4 is 29.1 Å². The van der Waals surface area contributed by atoms with Crippen LogP contribution in [0.4, 0.5) is 17.5 Å². The minimum absolute atomic E-state index is 0.662. The van der Waals surface area contributed by atoms with Crippen LogP contribution in [0.3, 0.4) is 0 Å². The molecule has 2 rings (SSSR count). The van der Waals surface area contributed by atoms with Gasteiger partial charge in [-0.1, -0.05) is 24.9 Å². The van der Waals surface area contributed by atoms with E-state index in [9.17, 15) is 0 Å². The molecule has 0 fully saturated rings. The zero-order chi connectivity index (χ0) is 14.4. The molecule has 0 aliphatic heterocycles. The third kappa shape index (κ3) is 4.38. The SMILES string of the molecule is CCCCNc1nc(C)cc(Nc2ccc(Cl)cc2)n1. The van der Waals surface area contributed by atoms with E-state index in [2.05, 4.69) is 27.5 Å². The van der Waals surface area contributed by atoms with E-state index in [1.807, 2.05) is 37.3 Å². The monoisotopic (exact) mass is 290 g/mol. The predicted molar refractivity (Wildman–Crippen MR) is 84.9 cm³/mol. The van der Waals surface area contributed by atoms with Crippen molar-refractivity contribution in [3.05, 3.63) is 41.0 Å². The highest BCUT2D eigenvalue weighted by Gasteiger charge is 2.02. The Morgan fingerprint density at radius 1 is 1.15 bits per heavy atom. The Morgan fingerprint density at radius 2 is 1.90 bits per heavy atom. The lowest BCUT2D eigenvalue weighted by Gasteiger charge is -2.09. The largest absolute Gasteiger partial charge is 0.354 e. The van der Waals surface area contributed by atoms with Crippen LogP contribution in [-0.2, 0) is 0 Å². The molecular weight excluding hydrogens is 272 g/mol. The van der Waals surface area contributed by atoms with Crippen LogP contribution in [0.5, 0.6) is 0 Å². The number of halogens is 1. The second-order valence-corrected chi connectivity index (χ2v) is 5.07. The number of rotatable bonds is 6. The Hall–Kier alpha value is -1.81. The summed E-state index contributed by atoms with van der Waals surface area (Å²) in [5.41, 5.74) is 1.88. The normalized spacial score (nSPS) is 10.3. The number of hydrogen-bond acceptors (Lipinski definition) is 4. The zero-order valence-corrected chi connectivity index (χ0v) is 12.5. The van der Waals surface area contributed by atoms with Gasteiger partial charge in [-0.15, -0.1) is 0 Å². The summed E-state index contributed by atoms with van der Waals surface area (Å²) in [6, 6.07) is 9.45. The first kappa shape index (κ1) is 14.6. The van der Waals surface area contributed by atoms with Gasteiger partial charge in [-0.25, -0.2) is 4.98 Å². The Kier molecular flexibility index (Phi) is 5.18. The smallest absolute Gasteiger partial charge is 0.224 e. The first-order valence-corrected chi connectivity index (χ1v) is 7.17. The molecule has 20 heavy (non-hydrogen) atoms. The van der Waals surface area contributed by atoms with Crippen molar-refractivity contribution in [2.45, 2.75) is 26.7 Å². The third-order valence-corrected chi connectivity index (χ3v) is 3.04. The Morgan fingerprint density at radius 3 is 2.60 bits per heavy atom. The van der Waals surface area contributed by atoms with E-state index in [1.54, 1.807) is 0 Å². The number of benzene rings is 1. The highest BCUT2D eigenvalue weighted by Crippen LogP contribution is 2.19. The van der Waals surface area contributed by atoms with Crippen molar-refractivity contribution in [1.82, 2.24) is 9.97 Å². The molecule has 0 amide bonds. The molecule has 1 heterocycles. The summed E-state index contributed by atoms with van der Waals surface area (Å²) >= 11 is 5.87. The van der Waals surface area contributed by atoms with Crippen molar-refractivity contribution in [2.24, 2.45) is 0 Å². The van der Waals surface area contributed by atoms with Crippen LogP contribution in [0.15, 0.2) is 30.3 Å². The van der Waals surface area contributed by atoms with Crippen molar-refractivity contribution in [3.63, 3.8) is 0 Å². The minimum Gasteiger partial charge on any atom is -0.354 e. The number of anilines is 3. The van der Waals surface area contributed by atoms with Crippen LogP contribution >= 0.6 is 11.6 Å². The first-order chi connectivity index (χ1) is 9.67. The van der Waals surface area contributed by atoms with Crippen LogP contribution < -0.4 is 10.6 Å². The van der Waals surface area contributed by atoms with Crippen molar-refractivity contribution in [1.29, 1.82) is 0 Å². The van der Waals surface area contributed by atoms with Crippen molar-refractivity contribution in [2.75, 3.05) is 17.2 Å². The van der Waals surface area contributed by atoms with E-state index < -0.39 is 0 Å². The molecule has 2 N–H and O–H groups in total. The van der Waals surface area contributed by atoms with Gasteiger partial charge < -0.3 is 10.6 Å². The van der Waals surface area contributed by atoms with Crippen LogP contribution in [0.25, 0.3) is 0 Å². The van der Waals surface area contributed by atoms with E-state index in [0.29, 0.717) is 5.95 Å². The van der Waals surface area contributed by atoms with Gasteiger partial charge in [-0.3, -0.25) is 0 Å². The highest BCUT2D eigenvalue weighted by atomic mass is 35.5. The van der Waals surface area contributed by atoms with Crippen molar-refractivity contribution in [3.8, 4) is 0 Å². The Balaban J connectivity index is 2.09. The van der Waals surface area contributed by atoms with E-state index in [4.69, 9.17) is 11.6 Å². The van der Waals surface area contributed by atoms with Gasteiger partial charge in [0.25, 0.3) is 0 Å². The summed E-state index contributed by atoms with van der Waals surface area (Å²) in [4.78, 5) is 8.83. The first-order valence-electron chi connectivity index (χ1n) is 6.79. The van der Waals surface area contributed by atoms with Crippen LogP contribution in [0.1, 0.15) is 25.5 Å². The fourth-order valence-corrected chi connectivity index (χ4v) is 1.90.